The fourth-order valence-electron chi connectivity index (χ4n) is 3.68. The van der Waals surface area contributed by atoms with E-state index in [1.165, 1.54) is 0 Å². The summed E-state index contributed by atoms with van der Waals surface area (Å²) in [5.41, 5.74) is 1.68. The summed E-state index contributed by atoms with van der Waals surface area (Å²) in [6, 6.07) is 8.20. The minimum atomic E-state index is -0.582. The van der Waals surface area contributed by atoms with E-state index in [9.17, 15) is 4.79 Å². The van der Waals surface area contributed by atoms with Crippen molar-refractivity contribution in [3.63, 3.8) is 0 Å². The summed E-state index contributed by atoms with van der Waals surface area (Å²) in [4.78, 5) is 15.0. The molecule has 0 aromatic heterocycles. The van der Waals surface area contributed by atoms with Crippen LogP contribution in [0, 0.1) is 12.8 Å². The Bertz CT molecular complexity index is 632. The minimum Gasteiger partial charge on any atom is -0.457 e. The van der Waals surface area contributed by atoms with Gasteiger partial charge in [0.2, 0.25) is 0 Å². The molecule has 1 aromatic carbocycles. The van der Waals surface area contributed by atoms with E-state index in [-0.39, 0.29) is 18.0 Å². The van der Waals surface area contributed by atoms with Crippen molar-refractivity contribution in [2.75, 3.05) is 20.6 Å². The van der Waals surface area contributed by atoms with Crippen molar-refractivity contribution >= 4 is 5.97 Å². The average Bonchev–Trinajstić information content (AvgIpc) is 2.78. The molecule has 3 unspecified atom stereocenters. The van der Waals surface area contributed by atoms with Gasteiger partial charge in [-0.05, 0) is 51.2 Å². The topological polar surface area (TPSA) is 29.5 Å². The molecule has 1 aliphatic heterocycles. The van der Waals surface area contributed by atoms with Crippen LogP contribution in [0.1, 0.15) is 17.5 Å². The number of fused-ring (bicyclic) bond motifs is 1. The summed E-state index contributed by atoms with van der Waals surface area (Å²) in [7, 11) is 4.08. The Morgan fingerprint density at radius 3 is 2.64 bits per heavy atom. The Kier molecular flexibility index (Phi) is 3.92. The SMILES string of the molecule is Cc1ccccc1C1(CCN(C)C)C(=O)OC2C=CC=CC21. The summed E-state index contributed by atoms with van der Waals surface area (Å²) < 4.78 is 5.73. The Hall–Kier alpha value is -1.87. The Labute approximate surface area is 132 Å². The number of ether oxygens (including phenoxy) is 1. The van der Waals surface area contributed by atoms with Gasteiger partial charge in [0.15, 0.2) is 0 Å². The predicted molar refractivity (Wildman–Crippen MR) is 87.7 cm³/mol. The van der Waals surface area contributed by atoms with E-state index in [4.69, 9.17) is 4.74 Å². The number of rotatable bonds is 4. The van der Waals surface area contributed by atoms with E-state index in [0.717, 1.165) is 24.1 Å². The molecule has 0 bridgehead atoms. The van der Waals surface area contributed by atoms with Crippen LogP contribution in [-0.4, -0.2) is 37.6 Å². The quantitative estimate of drug-likeness (QED) is 0.800. The Morgan fingerprint density at radius 1 is 1.18 bits per heavy atom. The van der Waals surface area contributed by atoms with Crippen LogP contribution in [0.2, 0.25) is 0 Å². The zero-order chi connectivity index (χ0) is 15.7. The fraction of sp³-hybridized carbons (Fsp3) is 0.421. The van der Waals surface area contributed by atoms with Crippen molar-refractivity contribution < 1.29 is 9.53 Å². The van der Waals surface area contributed by atoms with Crippen LogP contribution >= 0.6 is 0 Å². The van der Waals surface area contributed by atoms with Crippen LogP contribution in [-0.2, 0) is 14.9 Å². The van der Waals surface area contributed by atoms with Gasteiger partial charge in [0.25, 0.3) is 0 Å². The minimum absolute atomic E-state index is 0.0750. The number of esters is 1. The highest BCUT2D eigenvalue weighted by Gasteiger charge is 2.57. The monoisotopic (exact) mass is 297 g/mol. The van der Waals surface area contributed by atoms with Gasteiger partial charge in [-0.1, -0.05) is 42.5 Å². The van der Waals surface area contributed by atoms with Crippen LogP contribution in [0.5, 0.6) is 0 Å². The summed E-state index contributed by atoms with van der Waals surface area (Å²) in [6.07, 6.45) is 8.76. The third-order valence-corrected chi connectivity index (χ3v) is 4.84. The largest absolute Gasteiger partial charge is 0.457 e. The van der Waals surface area contributed by atoms with Crippen LogP contribution < -0.4 is 0 Å². The number of carbonyl (C=O) groups is 1. The summed E-state index contributed by atoms with van der Waals surface area (Å²) in [5, 5.41) is 0. The molecule has 0 N–H and O–H groups in total. The second-order valence-electron chi connectivity index (χ2n) is 6.51. The summed E-state index contributed by atoms with van der Waals surface area (Å²) in [5.74, 6) is -0.0131. The van der Waals surface area contributed by atoms with Gasteiger partial charge < -0.3 is 9.64 Å². The second-order valence-corrected chi connectivity index (χ2v) is 6.51. The molecule has 1 aliphatic carbocycles. The molecule has 1 saturated heterocycles. The lowest BCUT2D eigenvalue weighted by Crippen LogP contribution is -2.41. The third-order valence-electron chi connectivity index (χ3n) is 4.84. The lowest BCUT2D eigenvalue weighted by atomic mass is 9.66. The normalized spacial score (nSPS) is 29.7. The van der Waals surface area contributed by atoms with Crippen molar-refractivity contribution in [2.24, 2.45) is 5.92 Å². The van der Waals surface area contributed by atoms with E-state index in [1.807, 2.05) is 44.5 Å². The maximum atomic E-state index is 12.9. The van der Waals surface area contributed by atoms with Gasteiger partial charge in [-0.3, -0.25) is 4.79 Å². The number of aryl methyl sites for hydroxylation is 1. The van der Waals surface area contributed by atoms with Crippen molar-refractivity contribution in [3.8, 4) is 0 Å². The van der Waals surface area contributed by atoms with E-state index in [2.05, 4.69) is 30.0 Å². The van der Waals surface area contributed by atoms with Crippen LogP contribution in [0.3, 0.4) is 0 Å². The van der Waals surface area contributed by atoms with Crippen molar-refractivity contribution in [1.82, 2.24) is 4.90 Å². The van der Waals surface area contributed by atoms with Crippen LogP contribution in [0.15, 0.2) is 48.6 Å². The first-order chi connectivity index (χ1) is 10.6. The predicted octanol–water partition coefficient (Wildman–Crippen LogP) is 2.85. The Balaban J connectivity index is 2.11. The molecule has 3 rings (SSSR count). The highest BCUT2D eigenvalue weighted by Crippen LogP contribution is 2.48. The van der Waals surface area contributed by atoms with Crippen molar-refractivity contribution in [3.05, 3.63) is 59.7 Å². The maximum absolute atomic E-state index is 12.9. The number of carbonyl (C=O) groups excluding carboxylic acids is 1. The number of hydrogen-bond donors (Lipinski definition) is 0. The van der Waals surface area contributed by atoms with Crippen LogP contribution in [0.4, 0.5) is 0 Å². The van der Waals surface area contributed by atoms with Gasteiger partial charge in [-0.15, -0.1) is 0 Å². The average molecular weight is 297 g/mol. The second kappa shape index (κ2) is 5.73. The number of allylic oxidation sites excluding steroid dienone is 2. The van der Waals surface area contributed by atoms with E-state index in [0.29, 0.717) is 0 Å². The maximum Gasteiger partial charge on any atom is 0.318 e. The van der Waals surface area contributed by atoms with Gasteiger partial charge in [-0.25, -0.2) is 0 Å². The van der Waals surface area contributed by atoms with Crippen molar-refractivity contribution in [1.29, 1.82) is 0 Å². The molecule has 2 aliphatic rings. The first-order valence-corrected chi connectivity index (χ1v) is 7.82. The molecule has 0 radical (unpaired) electrons. The molecule has 22 heavy (non-hydrogen) atoms. The molecule has 0 saturated carbocycles. The molecule has 1 heterocycles. The van der Waals surface area contributed by atoms with Crippen molar-refractivity contribution in [2.45, 2.75) is 24.9 Å². The van der Waals surface area contributed by atoms with Gasteiger partial charge in [0.05, 0.1) is 0 Å². The fourth-order valence-corrected chi connectivity index (χ4v) is 3.68. The van der Waals surface area contributed by atoms with Gasteiger partial charge >= 0.3 is 5.97 Å². The number of benzene rings is 1. The summed E-state index contributed by atoms with van der Waals surface area (Å²) >= 11 is 0. The highest BCUT2D eigenvalue weighted by molar-refractivity contribution is 5.87. The molecule has 3 nitrogen and oxygen atoms in total. The molecule has 116 valence electrons. The standard InChI is InChI=1S/C19H23NO2/c1-14-8-4-5-9-15(14)19(12-13-20(2)3)16-10-6-7-11-17(16)22-18(19)21/h4-11,16-17H,12-13H2,1-3H3. The molecule has 1 fully saturated rings. The third kappa shape index (κ3) is 2.30. The molecule has 0 spiro atoms. The number of hydrogen-bond acceptors (Lipinski definition) is 3. The first kappa shape index (κ1) is 15.0. The lowest BCUT2D eigenvalue weighted by molar-refractivity contribution is -0.144. The van der Waals surface area contributed by atoms with Gasteiger partial charge in [0.1, 0.15) is 11.5 Å². The first-order valence-electron chi connectivity index (χ1n) is 7.82. The zero-order valence-corrected chi connectivity index (χ0v) is 13.5. The number of nitrogens with zero attached hydrogens (tertiary/aromatic N) is 1. The molecule has 3 atom stereocenters. The zero-order valence-electron chi connectivity index (χ0n) is 13.5. The Morgan fingerprint density at radius 2 is 1.91 bits per heavy atom. The van der Waals surface area contributed by atoms with Gasteiger partial charge in [0, 0.05) is 5.92 Å². The molecule has 0 amide bonds. The van der Waals surface area contributed by atoms with E-state index >= 15 is 0 Å². The molecule has 3 heteroatoms. The van der Waals surface area contributed by atoms with Crippen LogP contribution in [0.25, 0.3) is 0 Å². The highest BCUT2D eigenvalue weighted by atomic mass is 16.6. The molecule has 1 aromatic rings. The molecular weight excluding hydrogens is 274 g/mol. The van der Waals surface area contributed by atoms with Gasteiger partial charge in [-0.2, -0.15) is 0 Å². The smallest absolute Gasteiger partial charge is 0.318 e. The van der Waals surface area contributed by atoms with E-state index in [1.54, 1.807) is 0 Å². The van der Waals surface area contributed by atoms with E-state index < -0.39 is 5.41 Å². The lowest BCUT2D eigenvalue weighted by Gasteiger charge is -2.34. The molecular formula is C19H23NO2. The summed E-state index contributed by atoms with van der Waals surface area (Å²) in [6.45, 7) is 2.93.